The van der Waals surface area contributed by atoms with Gasteiger partial charge in [0, 0.05) is 24.7 Å². The van der Waals surface area contributed by atoms with Gasteiger partial charge in [0.15, 0.2) is 0 Å². The van der Waals surface area contributed by atoms with E-state index in [0.717, 1.165) is 42.1 Å². The Morgan fingerprint density at radius 3 is 2.77 bits per heavy atom. The van der Waals surface area contributed by atoms with Gasteiger partial charge in [-0.15, -0.1) is 0 Å². The van der Waals surface area contributed by atoms with Crippen LogP contribution in [0.4, 0.5) is 5.82 Å². The van der Waals surface area contributed by atoms with E-state index in [0.29, 0.717) is 12.4 Å². The molecule has 1 saturated heterocycles. The van der Waals surface area contributed by atoms with Crippen molar-refractivity contribution in [1.29, 1.82) is 0 Å². The highest BCUT2D eigenvalue weighted by Crippen LogP contribution is 2.38. The van der Waals surface area contributed by atoms with Crippen molar-refractivity contribution in [2.75, 3.05) is 32.6 Å². The van der Waals surface area contributed by atoms with E-state index in [2.05, 4.69) is 15.3 Å². The first kappa shape index (κ1) is 18.3. The molecule has 0 bridgehead atoms. The number of rotatable bonds is 6. The molecule has 1 fully saturated rings. The van der Waals surface area contributed by atoms with Crippen LogP contribution < -0.4 is 14.8 Å². The molecule has 2 aromatic rings. The number of hydrogen-bond donors (Lipinski definition) is 1. The minimum Gasteiger partial charge on any atom is -0.497 e. The number of nitrogens with zero attached hydrogens (tertiary/aromatic N) is 3. The Morgan fingerprint density at radius 1 is 1.31 bits per heavy atom. The van der Waals surface area contributed by atoms with Crippen LogP contribution in [0.15, 0.2) is 24.3 Å². The summed E-state index contributed by atoms with van der Waals surface area (Å²) < 4.78 is 12.6. The molecule has 1 unspecified atom stereocenters. The summed E-state index contributed by atoms with van der Waals surface area (Å²) in [6.07, 6.45) is 2.03. The lowest BCUT2D eigenvalue weighted by molar-refractivity contribution is -0.117. The maximum Gasteiger partial charge on any atom is 0.239 e. The van der Waals surface area contributed by atoms with Crippen molar-refractivity contribution < 1.29 is 14.3 Å². The minimum atomic E-state index is -0.0400. The van der Waals surface area contributed by atoms with Gasteiger partial charge in [-0.05, 0) is 44.5 Å². The van der Waals surface area contributed by atoms with E-state index in [1.165, 1.54) is 0 Å². The first-order valence-corrected chi connectivity index (χ1v) is 8.78. The monoisotopic (exact) mass is 358 g/mol. The highest BCUT2D eigenvalue weighted by Gasteiger charge is 2.30. The second-order valence-electron chi connectivity index (χ2n) is 6.58. The highest BCUT2D eigenvalue weighted by molar-refractivity contribution is 5.91. The van der Waals surface area contributed by atoms with Gasteiger partial charge >= 0.3 is 0 Å². The number of nitrogens with one attached hydrogen (secondary N) is 1. The van der Waals surface area contributed by atoms with E-state index in [9.17, 15) is 4.79 Å². The normalized spacial score (nSPS) is 17.3. The Bertz CT molecular complexity index is 787. The van der Waals surface area contributed by atoms with Gasteiger partial charge in [-0.1, -0.05) is 0 Å². The first-order valence-electron chi connectivity index (χ1n) is 8.78. The Morgan fingerprint density at radius 2 is 2.12 bits per heavy atom. The minimum absolute atomic E-state index is 0.0400. The number of benzene rings is 1. The predicted molar refractivity (Wildman–Crippen MR) is 99.7 cm³/mol. The number of likely N-dealkylation sites (tertiary alicyclic amines) is 1. The van der Waals surface area contributed by atoms with Crippen LogP contribution in [-0.2, 0) is 11.8 Å². The summed E-state index contributed by atoms with van der Waals surface area (Å²) in [6, 6.07) is 7.82. The van der Waals surface area contributed by atoms with Gasteiger partial charge < -0.3 is 14.8 Å². The Balaban J connectivity index is 1.74. The maximum absolute atomic E-state index is 12.5. The van der Waals surface area contributed by atoms with Gasteiger partial charge in [-0.2, -0.15) is 5.10 Å². The topological polar surface area (TPSA) is 68.6 Å². The fourth-order valence-electron chi connectivity index (χ4n) is 3.56. The quantitative estimate of drug-likeness (QED) is 0.859. The van der Waals surface area contributed by atoms with Crippen LogP contribution in [0, 0.1) is 6.92 Å². The van der Waals surface area contributed by atoms with Crippen molar-refractivity contribution in [2.24, 2.45) is 7.05 Å². The highest BCUT2D eigenvalue weighted by atomic mass is 16.5. The molecule has 1 aromatic heterocycles. The fraction of sp³-hybridized carbons (Fsp3) is 0.474. The van der Waals surface area contributed by atoms with E-state index in [4.69, 9.17) is 9.47 Å². The smallest absolute Gasteiger partial charge is 0.239 e. The van der Waals surface area contributed by atoms with E-state index < -0.39 is 0 Å². The van der Waals surface area contributed by atoms with E-state index in [1.807, 2.05) is 38.2 Å². The van der Waals surface area contributed by atoms with Crippen LogP contribution in [0.5, 0.6) is 11.5 Å². The van der Waals surface area contributed by atoms with Crippen molar-refractivity contribution in [3.8, 4) is 11.5 Å². The van der Waals surface area contributed by atoms with Gasteiger partial charge in [0.1, 0.15) is 17.3 Å². The van der Waals surface area contributed by atoms with Crippen molar-refractivity contribution in [3.63, 3.8) is 0 Å². The number of carbonyl (C=O) groups is 1. The summed E-state index contributed by atoms with van der Waals surface area (Å²) in [5.74, 6) is 2.29. The summed E-state index contributed by atoms with van der Waals surface area (Å²) in [5.41, 5.74) is 1.94. The fourth-order valence-corrected chi connectivity index (χ4v) is 3.56. The second kappa shape index (κ2) is 7.78. The Labute approximate surface area is 153 Å². The third-order valence-corrected chi connectivity index (χ3v) is 4.78. The van der Waals surface area contributed by atoms with Gasteiger partial charge in [0.05, 0.1) is 26.5 Å². The molecule has 1 aromatic carbocycles. The summed E-state index contributed by atoms with van der Waals surface area (Å²) >= 11 is 0. The SMILES string of the molecule is COc1ccc(OC)c(C2CCCN2CC(=O)Nc2cc(C)nn2C)c1. The van der Waals surface area contributed by atoms with Crippen LogP contribution >= 0.6 is 0 Å². The van der Waals surface area contributed by atoms with Crippen molar-refractivity contribution in [2.45, 2.75) is 25.8 Å². The van der Waals surface area contributed by atoms with Crippen LogP contribution in [0.1, 0.15) is 30.1 Å². The number of ether oxygens (including phenoxy) is 2. The van der Waals surface area contributed by atoms with Crippen LogP contribution in [0.25, 0.3) is 0 Å². The van der Waals surface area contributed by atoms with E-state index >= 15 is 0 Å². The third kappa shape index (κ3) is 3.83. The summed E-state index contributed by atoms with van der Waals surface area (Å²) in [6.45, 7) is 3.11. The molecule has 1 atom stereocenters. The maximum atomic E-state index is 12.5. The lowest BCUT2D eigenvalue weighted by atomic mass is 10.0. The van der Waals surface area contributed by atoms with Gasteiger partial charge in [-0.25, -0.2) is 0 Å². The first-order chi connectivity index (χ1) is 12.5. The predicted octanol–water partition coefficient (Wildman–Crippen LogP) is 2.52. The number of carbonyl (C=O) groups excluding carboxylic acids is 1. The van der Waals surface area contributed by atoms with Crippen molar-refractivity contribution >= 4 is 11.7 Å². The summed E-state index contributed by atoms with van der Waals surface area (Å²) in [4.78, 5) is 14.7. The molecular formula is C19H26N4O3. The molecule has 1 amide bonds. The van der Waals surface area contributed by atoms with Gasteiger partial charge in [0.25, 0.3) is 0 Å². The largest absolute Gasteiger partial charge is 0.497 e. The zero-order chi connectivity index (χ0) is 18.7. The molecule has 0 spiro atoms. The molecule has 1 aliphatic heterocycles. The molecule has 0 radical (unpaired) electrons. The zero-order valence-electron chi connectivity index (χ0n) is 15.8. The molecule has 26 heavy (non-hydrogen) atoms. The van der Waals surface area contributed by atoms with Crippen molar-refractivity contribution in [3.05, 3.63) is 35.5 Å². The van der Waals surface area contributed by atoms with Gasteiger partial charge in [-0.3, -0.25) is 14.4 Å². The van der Waals surface area contributed by atoms with Crippen LogP contribution in [0.2, 0.25) is 0 Å². The second-order valence-corrected chi connectivity index (χ2v) is 6.58. The van der Waals surface area contributed by atoms with Crippen LogP contribution in [0.3, 0.4) is 0 Å². The molecule has 0 aliphatic carbocycles. The Hall–Kier alpha value is -2.54. The number of anilines is 1. The molecule has 0 saturated carbocycles. The standard InChI is InChI=1S/C19H26N4O3/c1-13-10-18(22(2)21-13)20-19(24)12-23-9-5-6-16(23)15-11-14(25-3)7-8-17(15)26-4/h7-8,10-11,16H,5-6,9,12H2,1-4H3,(H,20,24). The molecule has 2 heterocycles. The van der Waals surface area contributed by atoms with Gasteiger partial charge in [0.2, 0.25) is 5.91 Å². The third-order valence-electron chi connectivity index (χ3n) is 4.78. The number of aryl methyl sites for hydroxylation is 2. The average Bonchev–Trinajstić information content (AvgIpc) is 3.20. The number of aromatic nitrogens is 2. The summed E-state index contributed by atoms with van der Waals surface area (Å²) in [7, 11) is 5.14. The van der Waals surface area contributed by atoms with E-state index in [1.54, 1.807) is 18.9 Å². The number of methoxy groups -OCH3 is 2. The van der Waals surface area contributed by atoms with Crippen LogP contribution in [-0.4, -0.2) is 47.9 Å². The molecule has 1 aliphatic rings. The molecule has 1 N–H and O–H groups in total. The Kier molecular flexibility index (Phi) is 5.46. The van der Waals surface area contributed by atoms with Crippen molar-refractivity contribution in [1.82, 2.24) is 14.7 Å². The molecule has 7 heteroatoms. The molecule has 140 valence electrons. The number of amides is 1. The van der Waals surface area contributed by atoms with E-state index in [-0.39, 0.29) is 11.9 Å². The molecule has 7 nitrogen and oxygen atoms in total. The molecular weight excluding hydrogens is 332 g/mol. The zero-order valence-corrected chi connectivity index (χ0v) is 15.8. The lowest BCUT2D eigenvalue weighted by Crippen LogP contribution is -2.33. The molecule has 3 rings (SSSR count). The lowest BCUT2D eigenvalue weighted by Gasteiger charge is -2.26. The number of hydrogen-bond acceptors (Lipinski definition) is 5. The average molecular weight is 358 g/mol. The summed E-state index contributed by atoms with van der Waals surface area (Å²) in [5, 5.41) is 7.20.